The molecule has 0 saturated heterocycles. The molecule has 1 N–H and O–H groups in total. The Morgan fingerprint density at radius 1 is 0.889 bits per heavy atom. The summed E-state index contributed by atoms with van der Waals surface area (Å²) in [5.74, 6) is 2.47. The van der Waals surface area contributed by atoms with E-state index in [4.69, 9.17) is 23.7 Å². The fourth-order valence-corrected chi connectivity index (χ4v) is 2.45. The quantitative estimate of drug-likeness (QED) is 0.726. The van der Waals surface area contributed by atoms with Gasteiger partial charge in [-0.1, -0.05) is 0 Å². The lowest BCUT2D eigenvalue weighted by molar-refractivity contribution is 0.0926. The molecule has 0 aliphatic rings. The minimum Gasteiger partial charge on any atom is -0.497 e. The second-order valence-electron chi connectivity index (χ2n) is 5.78. The molecule has 0 bridgehead atoms. The van der Waals surface area contributed by atoms with Crippen LogP contribution >= 0.6 is 0 Å². The Bertz CT molecular complexity index is 735. The number of methoxy groups -OCH3 is 4. The molecule has 0 radical (unpaired) electrons. The van der Waals surface area contributed by atoms with Crippen LogP contribution in [0.2, 0.25) is 0 Å². The highest BCUT2D eigenvalue weighted by Gasteiger charge is 2.18. The summed E-state index contributed by atoms with van der Waals surface area (Å²) in [4.78, 5) is 12.6. The van der Waals surface area contributed by atoms with Crippen molar-refractivity contribution in [3.63, 3.8) is 0 Å². The molecule has 2 rings (SSSR count). The van der Waals surface area contributed by atoms with Gasteiger partial charge in [0.05, 0.1) is 34.5 Å². The molecule has 2 aromatic rings. The van der Waals surface area contributed by atoms with E-state index in [1.165, 1.54) is 21.3 Å². The van der Waals surface area contributed by atoms with Gasteiger partial charge in [-0.25, -0.2) is 0 Å². The molecular formula is C20H25NO6. The zero-order chi connectivity index (χ0) is 19.8. The molecule has 146 valence electrons. The average molecular weight is 375 g/mol. The number of amides is 1. The summed E-state index contributed by atoms with van der Waals surface area (Å²) in [5.41, 5.74) is 0.404. The fourth-order valence-electron chi connectivity index (χ4n) is 2.45. The molecule has 27 heavy (non-hydrogen) atoms. The number of benzene rings is 2. The zero-order valence-corrected chi connectivity index (χ0v) is 16.2. The molecule has 0 aliphatic heterocycles. The van der Waals surface area contributed by atoms with Crippen molar-refractivity contribution in [1.29, 1.82) is 0 Å². The van der Waals surface area contributed by atoms with Crippen molar-refractivity contribution in [2.75, 3.05) is 35.0 Å². The number of nitrogens with one attached hydrogen (secondary N) is 1. The van der Waals surface area contributed by atoms with E-state index in [1.54, 1.807) is 19.2 Å². The first kappa shape index (κ1) is 20.2. The number of hydrogen-bond donors (Lipinski definition) is 1. The zero-order valence-electron chi connectivity index (χ0n) is 16.2. The number of hydrogen-bond acceptors (Lipinski definition) is 6. The second kappa shape index (κ2) is 9.56. The first-order chi connectivity index (χ1) is 13.0. The van der Waals surface area contributed by atoms with Crippen molar-refractivity contribution in [3.8, 4) is 28.7 Å². The molecular weight excluding hydrogens is 350 g/mol. The third-order valence-corrected chi connectivity index (χ3v) is 3.86. The number of rotatable bonds is 9. The first-order valence-corrected chi connectivity index (χ1v) is 8.40. The van der Waals surface area contributed by atoms with E-state index < -0.39 is 0 Å². The highest BCUT2D eigenvalue weighted by atomic mass is 16.5. The van der Waals surface area contributed by atoms with Gasteiger partial charge in [0.2, 0.25) is 5.75 Å². The van der Waals surface area contributed by atoms with Gasteiger partial charge >= 0.3 is 0 Å². The molecule has 1 atom stereocenters. The van der Waals surface area contributed by atoms with E-state index in [0.717, 1.165) is 5.75 Å². The Labute approximate surface area is 159 Å². The van der Waals surface area contributed by atoms with Gasteiger partial charge in [-0.2, -0.15) is 0 Å². The maximum absolute atomic E-state index is 12.6. The average Bonchev–Trinajstić information content (AvgIpc) is 2.71. The van der Waals surface area contributed by atoms with Crippen LogP contribution in [0, 0.1) is 0 Å². The predicted octanol–water partition coefficient (Wildman–Crippen LogP) is 2.92. The van der Waals surface area contributed by atoms with Gasteiger partial charge in [0.25, 0.3) is 5.91 Å². The molecule has 0 heterocycles. The Hall–Kier alpha value is -3.09. The Morgan fingerprint density at radius 3 is 1.93 bits per heavy atom. The van der Waals surface area contributed by atoms with Crippen LogP contribution in [0.15, 0.2) is 36.4 Å². The van der Waals surface area contributed by atoms with Gasteiger partial charge in [0, 0.05) is 5.56 Å². The summed E-state index contributed by atoms with van der Waals surface area (Å²) in [7, 11) is 6.13. The Kier molecular flexibility index (Phi) is 7.16. The van der Waals surface area contributed by atoms with Crippen molar-refractivity contribution in [3.05, 3.63) is 42.0 Å². The molecule has 7 heteroatoms. The van der Waals surface area contributed by atoms with Gasteiger partial charge in [-0.05, 0) is 43.3 Å². The van der Waals surface area contributed by atoms with Crippen LogP contribution in [-0.2, 0) is 0 Å². The summed E-state index contributed by atoms with van der Waals surface area (Å²) in [6.07, 6.45) is 0. The van der Waals surface area contributed by atoms with E-state index >= 15 is 0 Å². The molecule has 0 fully saturated rings. The summed E-state index contributed by atoms with van der Waals surface area (Å²) in [5, 5.41) is 2.89. The third kappa shape index (κ3) is 5.20. The molecule has 1 amide bonds. The molecule has 0 saturated carbocycles. The van der Waals surface area contributed by atoms with Gasteiger partial charge in [-0.15, -0.1) is 0 Å². The van der Waals surface area contributed by atoms with Crippen LogP contribution in [0.5, 0.6) is 28.7 Å². The summed E-state index contributed by atoms with van der Waals surface area (Å²) < 4.78 is 26.6. The third-order valence-electron chi connectivity index (χ3n) is 3.86. The molecule has 0 aliphatic carbocycles. The highest BCUT2D eigenvalue weighted by Crippen LogP contribution is 2.38. The van der Waals surface area contributed by atoms with E-state index in [1.807, 2.05) is 31.2 Å². The van der Waals surface area contributed by atoms with E-state index in [-0.39, 0.29) is 11.9 Å². The molecule has 7 nitrogen and oxygen atoms in total. The number of carbonyl (C=O) groups excluding carboxylic acids is 1. The van der Waals surface area contributed by atoms with E-state index in [9.17, 15) is 4.79 Å². The first-order valence-electron chi connectivity index (χ1n) is 8.40. The number of ether oxygens (including phenoxy) is 5. The number of carbonyl (C=O) groups is 1. The molecule has 1 unspecified atom stereocenters. The largest absolute Gasteiger partial charge is 0.497 e. The van der Waals surface area contributed by atoms with Crippen LogP contribution in [-0.4, -0.2) is 47.0 Å². The van der Waals surface area contributed by atoms with Crippen molar-refractivity contribution >= 4 is 5.91 Å². The minimum atomic E-state index is -0.264. The fraction of sp³-hybridized carbons (Fsp3) is 0.350. The van der Waals surface area contributed by atoms with Gasteiger partial charge in [0.1, 0.15) is 18.1 Å². The van der Waals surface area contributed by atoms with Gasteiger partial charge in [0.15, 0.2) is 11.5 Å². The lowest BCUT2D eigenvalue weighted by Gasteiger charge is -2.17. The smallest absolute Gasteiger partial charge is 0.251 e. The molecule has 0 aromatic heterocycles. The Balaban J connectivity index is 2.00. The Morgan fingerprint density at radius 2 is 1.44 bits per heavy atom. The van der Waals surface area contributed by atoms with Crippen LogP contribution in [0.1, 0.15) is 17.3 Å². The predicted molar refractivity (Wildman–Crippen MR) is 102 cm³/mol. The van der Waals surface area contributed by atoms with Crippen molar-refractivity contribution in [1.82, 2.24) is 5.32 Å². The van der Waals surface area contributed by atoms with Crippen molar-refractivity contribution < 1.29 is 28.5 Å². The summed E-state index contributed by atoms with van der Waals surface area (Å²) >= 11 is 0. The SMILES string of the molecule is COc1ccc(OCC(C)NC(=O)c2cc(OC)c(OC)c(OC)c2)cc1. The van der Waals surface area contributed by atoms with Crippen LogP contribution < -0.4 is 29.0 Å². The van der Waals surface area contributed by atoms with Crippen LogP contribution in [0.4, 0.5) is 0 Å². The van der Waals surface area contributed by atoms with Crippen molar-refractivity contribution in [2.24, 2.45) is 0 Å². The van der Waals surface area contributed by atoms with Crippen molar-refractivity contribution in [2.45, 2.75) is 13.0 Å². The molecule has 2 aromatic carbocycles. The van der Waals surface area contributed by atoms with E-state index in [2.05, 4.69) is 5.32 Å². The topological polar surface area (TPSA) is 75.3 Å². The maximum Gasteiger partial charge on any atom is 0.251 e. The van der Waals surface area contributed by atoms with Gasteiger partial charge in [-0.3, -0.25) is 4.79 Å². The summed E-state index contributed by atoms with van der Waals surface area (Å²) in [6, 6.07) is 10.3. The lowest BCUT2D eigenvalue weighted by atomic mass is 10.1. The standard InChI is InChI=1S/C20H25NO6/c1-13(12-27-16-8-6-15(23-2)7-9-16)21-20(22)14-10-17(24-3)19(26-5)18(11-14)25-4/h6-11,13H,12H2,1-5H3,(H,21,22). The minimum absolute atomic E-state index is 0.210. The van der Waals surface area contributed by atoms with Crippen LogP contribution in [0.3, 0.4) is 0 Å². The second-order valence-corrected chi connectivity index (χ2v) is 5.78. The highest BCUT2D eigenvalue weighted by molar-refractivity contribution is 5.95. The van der Waals surface area contributed by atoms with Crippen LogP contribution in [0.25, 0.3) is 0 Å². The molecule has 0 spiro atoms. The summed E-state index contributed by atoms with van der Waals surface area (Å²) in [6.45, 7) is 2.18. The monoisotopic (exact) mass is 375 g/mol. The normalized spacial score (nSPS) is 11.3. The lowest BCUT2D eigenvalue weighted by Crippen LogP contribution is -2.36. The maximum atomic E-state index is 12.6. The van der Waals surface area contributed by atoms with E-state index in [0.29, 0.717) is 35.2 Å². The van der Waals surface area contributed by atoms with Gasteiger partial charge < -0.3 is 29.0 Å².